The third kappa shape index (κ3) is 6.08. The van der Waals surface area contributed by atoms with Crippen LogP contribution in [-0.2, 0) is 4.79 Å². The highest BCUT2D eigenvalue weighted by Crippen LogP contribution is 2.26. The van der Waals surface area contributed by atoms with E-state index in [4.69, 9.17) is 4.74 Å². The lowest BCUT2D eigenvalue weighted by Gasteiger charge is -2.07. The lowest BCUT2D eigenvalue weighted by atomic mass is 10.1. The van der Waals surface area contributed by atoms with Crippen LogP contribution in [0.3, 0.4) is 0 Å². The fourth-order valence-corrected chi connectivity index (χ4v) is 2.94. The molecule has 26 heavy (non-hydrogen) atoms. The molecule has 0 spiro atoms. The molecule has 1 aliphatic heterocycles. The maximum absolute atomic E-state index is 11.5. The fraction of sp³-hybridized carbons (Fsp3) is 0.238. The van der Waals surface area contributed by atoms with Crippen LogP contribution >= 0.6 is 11.8 Å². The highest BCUT2D eigenvalue weighted by atomic mass is 32.2. The summed E-state index contributed by atoms with van der Waals surface area (Å²) in [6.45, 7) is 8.75. The molecule has 1 saturated heterocycles. The highest BCUT2D eigenvalue weighted by Gasteiger charge is 2.24. The van der Waals surface area contributed by atoms with Crippen molar-refractivity contribution >= 4 is 29.0 Å². The second-order valence-electron chi connectivity index (χ2n) is 5.73. The maximum atomic E-state index is 11.5. The normalized spacial score (nSPS) is 16.4. The van der Waals surface area contributed by atoms with Crippen molar-refractivity contribution in [1.82, 2.24) is 5.32 Å². The topological polar surface area (TPSA) is 55.4 Å². The molecule has 5 heteroatoms. The van der Waals surface area contributed by atoms with Gasteiger partial charge in [-0.25, -0.2) is 0 Å². The molecule has 0 unspecified atom stereocenters. The first kappa shape index (κ1) is 19.8. The minimum atomic E-state index is -0.351. The monoisotopic (exact) mass is 369 g/mol. The van der Waals surface area contributed by atoms with Gasteiger partial charge in [-0.3, -0.25) is 14.9 Å². The van der Waals surface area contributed by atoms with Crippen LogP contribution in [0.15, 0.2) is 65.1 Å². The van der Waals surface area contributed by atoms with E-state index in [9.17, 15) is 9.59 Å². The molecule has 2 rings (SSSR count). The molecule has 1 aromatic carbocycles. The smallest absolute Gasteiger partial charge is 0.290 e. The zero-order valence-electron chi connectivity index (χ0n) is 15.1. The Morgan fingerprint density at radius 1 is 1.23 bits per heavy atom. The Morgan fingerprint density at radius 2 is 1.96 bits per heavy atom. The van der Waals surface area contributed by atoms with Crippen molar-refractivity contribution in [2.75, 3.05) is 6.61 Å². The number of amides is 2. The predicted octanol–water partition coefficient (Wildman–Crippen LogP) is 5.25. The molecular weight excluding hydrogens is 346 g/mol. The van der Waals surface area contributed by atoms with E-state index < -0.39 is 0 Å². The summed E-state index contributed by atoms with van der Waals surface area (Å²) < 4.78 is 5.73. The van der Waals surface area contributed by atoms with E-state index in [1.54, 1.807) is 6.08 Å². The van der Waals surface area contributed by atoms with Crippen LogP contribution in [-0.4, -0.2) is 17.8 Å². The van der Waals surface area contributed by atoms with E-state index in [2.05, 4.69) is 31.0 Å². The van der Waals surface area contributed by atoms with E-state index in [1.165, 1.54) is 5.57 Å². The zero-order valence-corrected chi connectivity index (χ0v) is 15.9. The van der Waals surface area contributed by atoms with E-state index in [1.807, 2.05) is 37.3 Å². The number of nitrogens with one attached hydrogen (secondary N) is 1. The average Bonchev–Trinajstić information content (AvgIpc) is 2.94. The summed E-state index contributed by atoms with van der Waals surface area (Å²) in [5.74, 6) is 0.405. The van der Waals surface area contributed by atoms with Gasteiger partial charge in [0.25, 0.3) is 11.1 Å². The average molecular weight is 369 g/mol. The number of hydrogen-bond acceptors (Lipinski definition) is 4. The quantitative estimate of drug-likeness (QED) is 0.502. The summed E-state index contributed by atoms with van der Waals surface area (Å²) in [5, 5.41) is 1.90. The van der Waals surface area contributed by atoms with Gasteiger partial charge in [0.1, 0.15) is 5.75 Å². The fourth-order valence-electron chi connectivity index (χ4n) is 2.26. The Bertz CT molecular complexity index is 773. The summed E-state index contributed by atoms with van der Waals surface area (Å²) in [4.78, 5) is 23.1. The second kappa shape index (κ2) is 9.82. The molecule has 0 radical (unpaired) electrons. The summed E-state index contributed by atoms with van der Waals surface area (Å²) in [6, 6.07) is 7.40. The van der Waals surface area contributed by atoms with Crippen LogP contribution in [0.5, 0.6) is 5.75 Å². The lowest BCUT2D eigenvalue weighted by molar-refractivity contribution is -0.115. The largest absolute Gasteiger partial charge is 0.493 e. The second-order valence-corrected chi connectivity index (χ2v) is 6.74. The molecule has 0 aliphatic carbocycles. The Balaban J connectivity index is 1.82. The number of imide groups is 1. The number of rotatable bonds is 8. The summed E-state index contributed by atoms with van der Waals surface area (Å²) in [6.07, 6.45) is 9.67. The van der Waals surface area contributed by atoms with Crippen LogP contribution in [0.4, 0.5) is 4.79 Å². The van der Waals surface area contributed by atoms with E-state index in [0.717, 1.165) is 41.5 Å². The number of allylic oxidation sites excluding steroid dienone is 4. The lowest BCUT2D eigenvalue weighted by Crippen LogP contribution is -2.17. The number of benzene rings is 1. The van der Waals surface area contributed by atoms with Crippen molar-refractivity contribution < 1.29 is 14.3 Å². The Hall–Kier alpha value is -2.53. The van der Waals surface area contributed by atoms with Gasteiger partial charge in [0, 0.05) is 6.42 Å². The van der Waals surface area contributed by atoms with E-state index in [-0.39, 0.29) is 11.1 Å². The molecule has 1 aromatic rings. The molecule has 1 aliphatic rings. The summed E-state index contributed by atoms with van der Waals surface area (Å²) >= 11 is 0.910. The van der Waals surface area contributed by atoms with Gasteiger partial charge in [-0.05, 0) is 48.9 Å². The number of hydrogen-bond donors (Lipinski definition) is 1. The van der Waals surface area contributed by atoms with Gasteiger partial charge in [-0.1, -0.05) is 55.0 Å². The van der Waals surface area contributed by atoms with Crippen LogP contribution in [0.2, 0.25) is 0 Å². The minimum Gasteiger partial charge on any atom is -0.493 e. The molecular formula is C21H23NO3S. The SMILES string of the molecule is C=C(/C=C\C(=C/C)CC)CCOc1ccc(/C=C2\SC(=O)NC2=O)cc1. The number of carbonyl (C=O) groups is 2. The van der Waals surface area contributed by atoms with Gasteiger partial charge in [0.15, 0.2) is 0 Å². The molecule has 0 atom stereocenters. The summed E-state index contributed by atoms with van der Waals surface area (Å²) in [5.41, 5.74) is 3.15. The van der Waals surface area contributed by atoms with Crippen LogP contribution < -0.4 is 10.1 Å². The minimum absolute atomic E-state index is 0.337. The van der Waals surface area contributed by atoms with Crippen molar-refractivity contribution in [3.63, 3.8) is 0 Å². The predicted molar refractivity (Wildman–Crippen MR) is 108 cm³/mol. The summed E-state index contributed by atoms with van der Waals surface area (Å²) in [7, 11) is 0. The third-order valence-corrected chi connectivity index (χ3v) is 4.63. The number of thioether (sulfide) groups is 1. The molecule has 136 valence electrons. The van der Waals surface area contributed by atoms with Gasteiger partial charge in [-0.2, -0.15) is 0 Å². The van der Waals surface area contributed by atoms with Crippen molar-refractivity contribution in [2.24, 2.45) is 0 Å². The molecule has 4 nitrogen and oxygen atoms in total. The Labute approximate surface area is 158 Å². The molecule has 1 heterocycles. The molecule has 1 fully saturated rings. The Kier molecular flexibility index (Phi) is 7.48. The van der Waals surface area contributed by atoms with Crippen molar-refractivity contribution in [1.29, 1.82) is 0 Å². The highest BCUT2D eigenvalue weighted by molar-refractivity contribution is 8.18. The van der Waals surface area contributed by atoms with Gasteiger partial charge in [-0.15, -0.1) is 0 Å². The van der Waals surface area contributed by atoms with Crippen molar-refractivity contribution in [3.05, 3.63) is 70.7 Å². The zero-order chi connectivity index (χ0) is 18.9. The van der Waals surface area contributed by atoms with E-state index >= 15 is 0 Å². The molecule has 2 amide bonds. The van der Waals surface area contributed by atoms with Gasteiger partial charge in [0.05, 0.1) is 11.5 Å². The van der Waals surface area contributed by atoms with Crippen molar-refractivity contribution in [3.8, 4) is 5.75 Å². The first-order valence-corrected chi connectivity index (χ1v) is 9.32. The van der Waals surface area contributed by atoms with Crippen molar-refractivity contribution in [2.45, 2.75) is 26.7 Å². The number of ether oxygens (including phenoxy) is 1. The van der Waals surface area contributed by atoms with E-state index in [0.29, 0.717) is 11.5 Å². The maximum Gasteiger partial charge on any atom is 0.290 e. The van der Waals surface area contributed by atoms with Gasteiger partial charge >= 0.3 is 0 Å². The molecule has 0 bridgehead atoms. The third-order valence-electron chi connectivity index (χ3n) is 3.82. The molecule has 0 aromatic heterocycles. The van der Waals surface area contributed by atoms with Crippen LogP contribution in [0, 0.1) is 0 Å². The van der Waals surface area contributed by atoms with Crippen LogP contribution in [0.1, 0.15) is 32.3 Å². The van der Waals surface area contributed by atoms with Gasteiger partial charge in [0.2, 0.25) is 0 Å². The first-order valence-electron chi connectivity index (χ1n) is 8.50. The number of carbonyl (C=O) groups excluding carboxylic acids is 2. The standard InChI is InChI=1S/C21H23NO3S/c1-4-16(5-2)7-6-15(3)12-13-25-18-10-8-17(9-11-18)14-19-20(23)22-21(24)26-19/h4,6-11,14H,3,5,12-13H2,1-2H3,(H,22,23,24)/b7-6-,16-4-,19-14-. The Morgan fingerprint density at radius 3 is 2.54 bits per heavy atom. The molecule has 1 N–H and O–H groups in total. The van der Waals surface area contributed by atoms with Gasteiger partial charge < -0.3 is 4.74 Å². The first-order chi connectivity index (χ1) is 12.5. The molecule has 0 saturated carbocycles. The van der Waals surface area contributed by atoms with Crippen LogP contribution in [0.25, 0.3) is 6.08 Å².